The van der Waals surface area contributed by atoms with Crippen molar-refractivity contribution >= 4 is 16.7 Å². The molecule has 0 aliphatic rings. The zero-order valence-corrected chi connectivity index (χ0v) is 13.8. The van der Waals surface area contributed by atoms with E-state index in [9.17, 15) is 0 Å². The zero-order chi connectivity index (χ0) is 17.1. The summed E-state index contributed by atoms with van der Waals surface area (Å²) in [6.07, 6.45) is 5.59. The molecule has 0 saturated heterocycles. The number of nitrogens with one attached hydrogen (secondary N) is 2. The first-order valence-electron chi connectivity index (χ1n) is 8.08. The second-order valence-electron chi connectivity index (χ2n) is 5.70. The Balaban J connectivity index is 1.83. The summed E-state index contributed by atoms with van der Waals surface area (Å²) >= 11 is 0. The Bertz CT molecular complexity index is 967. The van der Waals surface area contributed by atoms with Crippen molar-refractivity contribution in [3.8, 4) is 5.75 Å². The number of hydrogen-bond donors (Lipinski definition) is 2. The lowest BCUT2D eigenvalue weighted by atomic mass is 10.0. The molecule has 1 unspecified atom stereocenters. The molecule has 3 aromatic heterocycles. The lowest BCUT2D eigenvalue weighted by molar-refractivity contribution is 0.415. The molecule has 3 heterocycles. The summed E-state index contributed by atoms with van der Waals surface area (Å²) in [6, 6.07) is 17.6. The van der Waals surface area contributed by atoms with Crippen LogP contribution in [0.4, 0.5) is 5.82 Å². The van der Waals surface area contributed by atoms with Crippen LogP contribution in [0, 0.1) is 0 Å². The van der Waals surface area contributed by atoms with Gasteiger partial charge in [0.1, 0.15) is 11.6 Å². The molecule has 0 aliphatic heterocycles. The third kappa shape index (κ3) is 3.04. The maximum atomic E-state index is 5.39. The Labute approximate surface area is 145 Å². The molecule has 4 rings (SSSR count). The lowest BCUT2D eigenvalue weighted by Crippen LogP contribution is -2.14. The Hall–Kier alpha value is -3.34. The van der Waals surface area contributed by atoms with Gasteiger partial charge in [-0.3, -0.25) is 4.98 Å². The molecule has 2 N–H and O–H groups in total. The van der Waals surface area contributed by atoms with Crippen LogP contribution in [0.3, 0.4) is 0 Å². The van der Waals surface area contributed by atoms with E-state index in [-0.39, 0.29) is 6.04 Å². The van der Waals surface area contributed by atoms with Gasteiger partial charge in [0.2, 0.25) is 0 Å². The molecule has 5 nitrogen and oxygen atoms in total. The number of pyridine rings is 2. The van der Waals surface area contributed by atoms with E-state index in [1.807, 2.05) is 60.8 Å². The van der Waals surface area contributed by atoms with E-state index in [0.717, 1.165) is 33.7 Å². The van der Waals surface area contributed by atoms with Crippen molar-refractivity contribution in [3.63, 3.8) is 0 Å². The van der Waals surface area contributed by atoms with Crippen molar-refractivity contribution in [1.82, 2.24) is 15.0 Å². The van der Waals surface area contributed by atoms with Crippen LogP contribution in [-0.2, 0) is 0 Å². The minimum atomic E-state index is -0.128. The summed E-state index contributed by atoms with van der Waals surface area (Å²) in [5.74, 6) is 1.63. The van der Waals surface area contributed by atoms with Gasteiger partial charge in [-0.25, -0.2) is 4.98 Å². The van der Waals surface area contributed by atoms with Crippen LogP contribution in [0.15, 0.2) is 73.2 Å². The first-order chi connectivity index (χ1) is 12.3. The number of rotatable bonds is 5. The molecule has 1 aromatic carbocycles. The third-order valence-corrected chi connectivity index (χ3v) is 4.17. The maximum Gasteiger partial charge on any atom is 0.126 e. The van der Waals surface area contributed by atoms with Gasteiger partial charge >= 0.3 is 0 Å². The molecule has 124 valence electrons. The Morgan fingerprint density at radius 3 is 2.56 bits per heavy atom. The quantitative estimate of drug-likeness (QED) is 0.576. The summed E-state index contributed by atoms with van der Waals surface area (Å²) < 4.78 is 5.39. The molecule has 0 radical (unpaired) electrons. The molecule has 0 saturated carbocycles. The molecule has 25 heavy (non-hydrogen) atoms. The van der Waals surface area contributed by atoms with Crippen LogP contribution in [0.5, 0.6) is 5.75 Å². The van der Waals surface area contributed by atoms with Gasteiger partial charge in [0, 0.05) is 35.1 Å². The van der Waals surface area contributed by atoms with Crippen molar-refractivity contribution in [1.29, 1.82) is 0 Å². The highest BCUT2D eigenvalue weighted by Gasteiger charge is 2.20. The molecule has 0 bridgehead atoms. The number of aromatic nitrogens is 3. The van der Waals surface area contributed by atoms with Crippen molar-refractivity contribution < 1.29 is 4.74 Å². The fraction of sp³-hybridized carbons (Fsp3) is 0.100. The number of H-pyrrole nitrogens is 1. The molecular weight excluding hydrogens is 312 g/mol. The number of nitrogens with zero attached hydrogens (tertiary/aromatic N) is 2. The fourth-order valence-electron chi connectivity index (χ4n) is 2.94. The summed E-state index contributed by atoms with van der Waals surface area (Å²) in [4.78, 5) is 12.3. The van der Waals surface area contributed by atoms with Crippen LogP contribution in [-0.4, -0.2) is 22.1 Å². The van der Waals surface area contributed by atoms with E-state index >= 15 is 0 Å². The summed E-state index contributed by atoms with van der Waals surface area (Å²) in [6.45, 7) is 0. The van der Waals surface area contributed by atoms with E-state index in [1.54, 1.807) is 19.5 Å². The summed E-state index contributed by atoms with van der Waals surface area (Å²) in [7, 11) is 1.68. The van der Waals surface area contributed by atoms with Gasteiger partial charge in [-0.1, -0.05) is 12.1 Å². The summed E-state index contributed by atoms with van der Waals surface area (Å²) in [5, 5.41) is 4.59. The van der Waals surface area contributed by atoms with Gasteiger partial charge < -0.3 is 15.0 Å². The van der Waals surface area contributed by atoms with Crippen LogP contribution >= 0.6 is 0 Å². The Morgan fingerprint density at radius 1 is 1.00 bits per heavy atom. The molecule has 5 heteroatoms. The van der Waals surface area contributed by atoms with Gasteiger partial charge in [0.15, 0.2) is 0 Å². The Kier molecular flexibility index (Phi) is 4.04. The van der Waals surface area contributed by atoms with Crippen molar-refractivity contribution in [2.45, 2.75) is 6.04 Å². The van der Waals surface area contributed by atoms with Crippen molar-refractivity contribution in [2.75, 3.05) is 12.4 Å². The number of methoxy groups -OCH3 is 1. The standard InChI is InChI=1S/C20H18N4O/c1-25-14-8-9-17-15(12-14)16(13-23-17)20(18-6-2-4-10-21-18)24-19-7-3-5-11-22-19/h2-13,20,23H,1H3,(H,22,24). The molecule has 4 aromatic rings. The van der Waals surface area contributed by atoms with Gasteiger partial charge in [-0.05, 0) is 42.5 Å². The molecular formula is C20H18N4O. The first-order valence-corrected chi connectivity index (χ1v) is 8.08. The van der Waals surface area contributed by atoms with Crippen molar-refractivity contribution in [3.05, 3.63) is 84.4 Å². The van der Waals surface area contributed by atoms with E-state index in [1.165, 1.54) is 0 Å². The second kappa shape index (κ2) is 6.65. The first kappa shape index (κ1) is 15.2. The number of ether oxygens (including phenoxy) is 1. The van der Waals surface area contributed by atoms with Crippen molar-refractivity contribution in [2.24, 2.45) is 0 Å². The van der Waals surface area contributed by atoms with E-state index < -0.39 is 0 Å². The number of anilines is 1. The lowest BCUT2D eigenvalue weighted by Gasteiger charge is -2.19. The highest BCUT2D eigenvalue weighted by Crippen LogP contribution is 2.32. The summed E-state index contributed by atoms with van der Waals surface area (Å²) in [5.41, 5.74) is 3.08. The maximum absolute atomic E-state index is 5.39. The number of aromatic amines is 1. The van der Waals surface area contributed by atoms with Gasteiger partial charge in [0.05, 0.1) is 18.8 Å². The van der Waals surface area contributed by atoms with Crippen LogP contribution in [0.2, 0.25) is 0 Å². The molecule has 1 atom stereocenters. The van der Waals surface area contributed by atoms with Gasteiger partial charge in [-0.15, -0.1) is 0 Å². The highest BCUT2D eigenvalue weighted by molar-refractivity contribution is 5.86. The van der Waals surface area contributed by atoms with Crippen LogP contribution in [0.1, 0.15) is 17.3 Å². The number of hydrogen-bond acceptors (Lipinski definition) is 4. The van der Waals surface area contributed by atoms with E-state index in [4.69, 9.17) is 4.74 Å². The topological polar surface area (TPSA) is 62.8 Å². The number of benzene rings is 1. The van der Waals surface area contributed by atoms with Gasteiger partial charge in [-0.2, -0.15) is 0 Å². The predicted molar refractivity (Wildman–Crippen MR) is 98.8 cm³/mol. The van der Waals surface area contributed by atoms with E-state index in [2.05, 4.69) is 20.3 Å². The highest BCUT2D eigenvalue weighted by atomic mass is 16.5. The molecule has 0 aliphatic carbocycles. The largest absolute Gasteiger partial charge is 0.497 e. The second-order valence-corrected chi connectivity index (χ2v) is 5.70. The third-order valence-electron chi connectivity index (χ3n) is 4.17. The minimum absolute atomic E-state index is 0.128. The number of fused-ring (bicyclic) bond motifs is 1. The molecule has 0 spiro atoms. The molecule has 0 amide bonds. The smallest absolute Gasteiger partial charge is 0.126 e. The Morgan fingerprint density at radius 2 is 1.84 bits per heavy atom. The fourth-order valence-corrected chi connectivity index (χ4v) is 2.94. The van der Waals surface area contributed by atoms with Gasteiger partial charge in [0.25, 0.3) is 0 Å². The normalized spacial score (nSPS) is 12.0. The zero-order valence-electron chi connectivity index (χ0n) is 13.8. The molecule has 0 fully saturated rings. The SMILES string of the molecule is COc1ccc2[nH]cc(C(Nc3ccccn3)c3ccccn3)c2c1. The predicted octanol–water partition coefficient (Wildman–Crippen LogP) is 4.17. The van der Waals surface area contributed by atoms with Crippen LogP contribution in [0.25, 0.3) is 10.9 Å². The monoisotopic (exact) mass is 330 g/mol. The minimum Gasteiger partial charge on any atom is -0.497 e. The van der Waals surface area contributed by atoms with Crippen LogP contribution < -0.4 is 10.1 Å². The average molecular weight is 330 g/mol. The van der Waals surface area contributed by atoms with E-state index in [0.29, 0.717) is 0 Å². The average Bonchev–Trinajstić information content (AvgIpc) is 3.10.